The number of hydrogen-bond acceptors (Lipinski definition) is 5. The summed E-state index contributed by atoms with van der Waals surface area (Å²) in [7, 11) is 0. The van der Waals surface area contributed by atoms with Crippen molar-refractivity contribution in [2.45, 2.75) is 38.7 Å². The smallest absolute Gasteiger partial charge is 0.253 e. The molecular formula is C27H34N4O4. The van der Waals surface area contributed by atoms with Gasteiger partial charge in [-0.25, -0.2) is 0 Å². The SMILES string of the molecule is CC1CCN(C(=O)c2cccc(NCC(=O)Nc3cccc(C(=O)NCC4CCCO4)c3)c2)CC1. The van der Waals surface area contributed by atoms with E-state index < -0.39 is 0 Å². The van der Waals surface area contributed by atoms with Gasteiger partial charge in [-0.3, -0.25) is 14.4 Å². The van der Waals surface area contributed by atoms with Crippen LogP contribution < -0.4 is 16.0 Å². The Morgan fingerprint density at radius 3 is 2.43 bits per heavy atom. The Labute approximate surface area is 206 Å². The van der Waals surface area contributed by atoms with Crippen LogP contribution in [0.1, 0.15) is 53.3 Å². The summed E-state index contributed by atoms with van der Waals surface area (Å²) in [6, 6.07) is 14.1. The molecular weight excluding hydrogens is 444 g/mol. The van der Waals surface area contributed by atoms with Crippen molar-refractivity contribution < 1.29 is 19.1 Å². The second-order valence-corrected chi connectivity index (χ2v) is 9.38. The lowest BCUT2D eigenvalue weighted by molar-refractivity contribution is -0.114. The van der Waals surface area contributed by atoms with Gasteiger partial charge in [-0.2, -0.15) is 0 Å². The van der Waals surface area contributed by atoms with Crippen LogP contribution in [0.15, 0.2) is 48.5 Å². The van der Waals surface area contributed by atoms with Crippen LogP contribution in [0, 0.1) is 5.92 Å². The zero-order chi connectivity index (χ0) is 24.6. The van der Waals surface area contributed by atoms with Crippen molar-refractivity contribution in [2.24, 2.45) is 5.92 Å². The molecule has 1 unspecified atom stereocenters. The number of nitrogens with one attached hydrogen (secondary N) is 3. The van der Waals surface area contributed by atoms with Gasteiger partial charge in [0.2, 0.25) is 5.91 Å². The Morgan fingerprint density at radius 2 is 1.69 bits per heavy atom. The molecule has 2 aromatic carbocycles. The van der Waals surface area contributed by atoms with Crippen molar-refractivity contribution in [2.75, 3.05) is 43.4 Å². The lowest BCUT2D eigenvalue weighted by Crippen LogP contribution is -2.37. The van der Waals surface area contributed by atoms with E-state index in [9.17, 15) is 14.4 Å². The molecule has 2 aliphatic rings. The van der Waals surface area contributed by atoms with Crippen LogP contribution in [0.3, 0.4) is 0 Å². The minimum absolute atomic E-state index is 0.0274. The second-order valence-electron chi connectivity index (χ2n) is 9.38. The van der Waals surface area contributed by atoms with Crippen molar-refractivity contribution in [3.8, 4) is 0 Å². The molecule has 0 saturated carbocycles. The van der Waals surface area contributed by atoms with Crippen LogP contribution in [-0.2, 0) is 9.53 Å². The Balaban J connectivity index is 1.27. The molecule has 2 heterocycles. The number of ether oxygens (including phenoxy) is 1. The lowest BCUT2D eigenvalue weighted by Gasteiger charge is -2.30. The molecule has 2 aliphatic heterocycles. The van der Waals surface area contributed by atoms with E-state index in [1.165, 1.54) is 0 Å². The summed E-state index contributed by atoms with van der Waals surface area (Å²) in [4.78, 5) is 39.7. The molecule has 8 nitrogen and oxygen atoms in total. The molecule has 1 atom stereocenters. The fourth-order valence-corrected chi connectivity index (χ4v) is 4.40. The van der Waals surface area contributed by atoms with Gasteiger partial charge in [-0.1, -0.05) is 19.1 Å². The first-order valence-electron chi connectivity index (χ1n) is 12.4. The number of amides is 3. The highest BCUT2D eigenvalue weighted by atomic mass is 16.5. The monoisotopic (exact) mass is 478 g/mol. The van der Waals surface area contributed by atoms with Gasteiger partial charge in [-0.05, 0) is 68.0 Å². The van der Waals surface area contributed by atoms with E-state index in [-0.39, 0.29) is 30.4 Å². The van der Waals surface area contributed by atoms with Crippen molar-refractivity contribution in [1.82, 2.24) is 10.2 Å². The predicted molar refractivity (Wildman–Crippen MR) is 136 cm³/mol. The number of anilines is 2. The Bertz CT molecular complexity index is 1040. The van der Waals surface area contributed by atoms with Gasteiger partial charge in [0.25, 0.3) is 11.8 Å². The molecule has 0 radical (unpaired) electrons. The maximum atomic E-state index is 12.8. The van der Waals surface area contributed by atoms with E-state index in [0.29, 0.717) is 35.0 Å². The van der Waals surface area contributed by atoms with Crippen molar-refractivity contribution in [1.29, 1.82) is 0 Å². The van der Waals surface area contributed by atoms with Gasteiger partial charge in [0.05, 0.1) is 12.6 Å². The number of benzene rings is 2. The minimum Gasteiger partial charge on any atom is -0.376 e. The van der Waals surface area contributed by atoms with E-state index in [0.717, 1.165) is 45.4 Å². The Kier molecular flexibility index (Phi) is 8.36. The molecule has 8 heteroatoms. The third-order valence-electron chi connectivity index (χ3n) is 6.56. The molecule has 2 fully saturated rings. The molecule has 4 rings (SSSR count). The Hall–Kier alpha value is -3.39. The summed E-state index contributed by atoms with van der Waals surface area (Å²) in [5, 5.41) is 8.79. The van der Waals surface area contributed by atoms with Gasteiger partial charge in [-0.15, -0.1) is 0 Å². The molecule has 3 N–H and O–H groups in total. The first kappa shape index (κ1) is 24.7. The largest absolute Gasteiger partial charge is 0.376 e. The average molecular weight is 479 g/mol. The van der Waals surface area contributed by atoms with E-state index in [1.54, 1.807) is 36.4 Å². The quantitative estimate of drug-likeness (QED) is 0.539. The van der Waals surface area contributed by atoms with Crippen LogP contribution in [0.5, 0.6) is 0 Å². The summed E-state index contributed by atoms with van der Waals surface area (Å²) in [5.74, 6) is 0.245. The number of likely N-dealkylation sites (tertiary alicyclic amines) is 1. The van der Waals surface area contributed by atoms with Crippen molar-refractivity contribution in [3.63, 3.8) is 0 Å². The highest BCUT2D eigenvalue weighted by Gasteiger charge is 2.21. The third-order valence-corrected chi connectivity index (χ3v) is 6.56. The van der Waals surface area contributed by atoms with Gasteiger partial charge >= 0.3 is 0 Å². The fraction of sp³-hybridized carbons (Fsp3) is 0.444. The number of carbonyl (C=O) groups is 3. The standard InChI is InChI=1S/C27H34N4O4/c1-19-10-12-31(13-11-19)27(34)21-6-3-7-22(16-21)28-18-25(32)30-23-8-2-5-20(15-23)26(33)29-17-24-9-4-14-35-24/h2-3,5-8,15-16,19,24,28H,4,9-14,17-18H2,1H3,(H,29,33)(H,30,32). The van der Waals surface area contributed by atoms with Crippen LogP contribution in [0.4, 0.5) is 11.4 Å². The zero-order valence-electron chi connectivity index (χ0n) is 20.2. The van der Waals surface area contributed by atoms with E-state index in [4.69, 9.17) is 4.74 Å². The molecule has 186 valence electrons. The molecule has 0 aromatic heterocycles. The highest BCUT2D eigenvalue weighted by molar-refractivity contribution is 5.98. The topological polar surface area (TPSA) is 99.8 Å². The summed E-state index contributed by atoms with van der Waals surface area (Å²) in [5.41, 5.74) is 2.35. The molecule has 0 aliphatic carbocycles. The number of rotatable bonds is 8. The molecule has 3 amide bonds. The third kappa shape index (κ3) is 7.05. The number of hydrogen-bond donors (Lipinski definition) is 3. The van der Waals surface area contributed by atoms with Gasteiger partial charge < -0.3 is 25.6 Å². The van der Waals surface area contributed by atoms with Gasteiger partial charge in [0.15, 0.2) is 0 Å². The van der Waals surface area contributed by atoms with Crippen LogP contribution in [-0.4, -0.2) is 61.5 Å². The van der Waals surface area contributed by atoms with Crippen LogP contribution in [0.25, 0.3) is 0 Å². The second kappa shape index (κ2) is 11.8. The molecule has 0 bridgehead atoms. The first-order valence-corrected chi connectivity index (χ1v) is 12.4. The average Bonchev–Trinajstić information content (AvgIpc) is 3.40. The zero-order valence-corrected chi connectivity index (χ0v) is 20.2. The summed E-state index contributed by atoms with van der Waals surface area (Å²) in [6.07, 6.45) is 4.11. The van der Waals surface area contributed by atoms with Crippen molar-refractivity contribution in [3.05, 3.63) is 59.7 Å². The first-order chi connectivity index (χ1) is 17.0. The van der Waals surface area contributed by atoms with Gasteiger partial charge in [0, 0.05) is 48.7 Å². The maximum Gasteiger partial charge on any atom is 0.253 e. The molecule has 2 aromatic rings. The summed E-state index contributed by atoms with van der Waals surface area (Å²) in [6.45, 7) is 5.05. The van der Waals surface area contributed by atoms with Gasteiger partial charge in [0.1, 0.15) is 0 Å². The predicted octanol–water partition coefficient (Wildman–Crippen LogP) is 3.52. The van der Waals surface area contributed by atoms with E-state index >= 15 is 0 Å². The van der Waals surface area contributed by atoms with E-state index in [1.807, 2.05) is 17.0 Å². The Morgan fingerprint density at radius 1 is 0.971 bits per heavy atom. The summed E-state index contributed by atoms with van der Waals surface area (Å²) < 4.78 is 5.53. The maximum absolute atomic E-state index is 12.8. The summed E-state index contributed by atoms with van der Waals surface area (Å²) >= 11 is 0. The fourth-order valence-electron chi connectivity index (χ4n) is 4.40. The lowest BCUT2D eigenvalue weighted by atomic mass is 9.98. The molecule has 2 saturated heterocycles. The number of piperidine rings is 1. The van der Waals surface area contributed by atoms with Crippen LogP contribution >= 0.6 is 0 Å². The minimum atomic E-state index is -0.247. The number of carbonyl (C=O) groups excluding carboxylic acids is 3. The normalized spacial score (nSPS) is 18.2. The number of nitrogens with zero attached hydrogens (tertiary/aromatic N) is 1. The highest BCUT2D eigenvalue weighted by Crippen LogP contribution is 2.20. The molecule has 0 spiro atoms. The molecule has 35 heavy (non-hydrogen) atoms. The van der Waals surface area contributed by atoms with Crippen LogP contribution in [0.2, 0.25) is 0 Å². The van der Waals surface area contributed by atoms with E-state index in [2.05, 4.69) is 22.9 Å². The van der Waals surface area contributed by atoms with Crippen molar-refractivity contribution >= 4 is 29.1 Å².